The molecule has 0 amide bonds. The van der Waals surface area contributed by atoms with Crippen molar-refractivity contribution in [2.45, 2.75) is 26.2 Å². The van der Waals surface area contributed by atoms with Crippen molar-refractivity contribution in [3.63, 3.8) is 0 Å². The third-order valence-electron chi connectivity index (χ3n) is 2.90. The second kappa shape index (κ2) is 3.06. The summed E-state index contributed by atoms with van der Waals surface area (Å²) in [6, 6.07) is 6.89. The van der Waals surface area contributed by atoms with Gasteiger partial charge < -0.3 is 4.90 Å². The van der Waals surface area contributed by atoms with E-state index >= 15 is 0 Å². The quantitative estimate of drug-likeness (QED) is 0.634. The summed E-state index contributed by atoms with van der Waals surface area (Å²) in [5, 5.41) is 0. The predicted molar refractivity (Wildman–Crippen MR) is 57.5 cm³/mol. The van der Waals surface area contributed by atoms with Gasteiger partial charge in [0.2, 0.25) is 0 Å². The molecule has 0 saturated carbocycles. The van der Waals surface area contributed by atoms with Crippen LogP contribution >= 0.6 is 0 Å². The van der Waals surface area contributed by atoms with Crippen LogP contribution in [0.15, 0.2) is 18.2 Å². The fraction of sp³-hybridized carbons (Fsp3) is 0.500. The summed E-state index contributed by atoms with van der Waals surface area (Å²) in [5.74, 6) is 0.638. The van der Waals surface area contributed by atoms with Crippen molar-refractivity contribution < 1.29 is 0 Å². The van der Waals surface area contributed by atoms with Crippen molar-refractivity contribution in [2.24, 2.45) is 0 Å². The maximum absolute atomic E-state index is 2.35. The van der Waals surface area contributed by atoms with Crippen molar-refractivity contribution in [2.75, 3.05) is 18.5 Å². The van der Waals surface area contributed by atoms with Crippen molar-refractivity contribution in [3.05, 3.63) is 29.3 Å². The molecule has 0 fully saturated rings. The van der Waals surface area contributed by atoms with Gasteiger partial charge in [0.25, 0.3) is 0 Å². The highest BCUT2D eigenvalue weighted by molar-refractivity contribution is 5.59. The molecule has 1 aromatic carbocycles. The van der Waals surface area contributed by atoms with Crippen LogP contribution in [0.25, 0.3) is 0 Å². The molecule has 0 N–H and O–H groups in total. The van der Waals surface area contributed by atoms with E-state index in [4.69, 9.17) is 0 Å². The predicted octanol–water partition coefficient (Wildman–Crippen LogP) is 2.80. The Balaban J connectivity index is 2.42. The van der Waals surface area contributed by atoms with Crippen LogP contribution < -0.4 is 4.90 Å². The number of rotatable bonds is 1. The van der Waals surface area contributed by atoms with Crippen LogP contribution in [-0.4, -0.2) is 13.6 Å². The molecule has 0 aromatic heterocycles. The minimum Gasteiger partial charge on any atom is -0.374 e. The highest BCUT2D eigenvalue weighted by atomic mass is 15.1. The van der Waals surface area contributed by atoms with Crippen LogP contribution in [0.2, 0.25) is 0 Å². The minimum atomic E-state index is 0.638. The molecular weight excluding hydrogens is 158 g/mol. The molecule has 0 unspecified atom stereocenters. The summed E-state index contributed by atoms with van der Waals surface area (Å²) < 4.78 is 0. The van der Waals surface area contributed by atoms with E-state index in [1.165, 1.54) is 29.8 Å². The van der Waals surface area contributed by atoms with E-state index < -0.39 is 0 Å². The standard InChI is InChI=1S/C12H17N/c1-9(2)11-5-4-10-6-7-13(3)12(10)8-11/h4-5,8-9H,6-7H2,1-3H3. The molecule has 1 aliphatic rings. The van der Waals surface area contributed by atoms with Crippen LogP contribution in [0.3, 0.4) is 0 Å². The van der Waals surface area contributed by atoms with Crippen molar-refractivity contribution >= 4 is 5.69 Å². The average Bonchev–Trinajstić information content (AvgIpc) is 2.47. The molecule has 0 saturated heterocycles. The summed E-state index contributed by atoms with van der Waals surface area (Å²) in [4.78, 5) is 2.35. The second-order valence-corrected chi connectivity index (χ2v) is 4.21. The van der Waals surface area contributed by atoms with Gasteiger partial charge in [0.1, 0.15) is 0 Å². The number of hydrogen-bond acceptors (Lipinski definition) is 1. The molecule has 2 rings (SSSR count). The maximum Gasteiger partial charge on any atom is 0.0399 e. The van der Waals surface area contributed by atoms with Gasteiger partial charge in [-0.25, -0.2) is 0 Å². The number of fused-ring (bicyclic) bond motifs is 1. The summed E-state index contributed by atoms with van der Waals surface area (Å²) in [5.41, 5.74) is 4.39. The monoisotopic (exact) mass is 175 g/mol. The molecule has 13 heavy (non-hydrogen) atoms. The van der Waals surface area contributed by atoms with E-state index in [2.05, 4.69) is 44.0 Å². The zero-order valence-electron chi connectivity index (χ0n) is 8.67. The van der Waals surface area contributed by atoms with Crippen LogP contribution in [-0.2, 0) is 6.42 Å². The summed E-state index contributed by atoms with van der Waals surface area (Å²) in [7, 11) is 2.18. The Bertz CT molecular complexity index is 315. The summed E-state index contributed by atoms with van der Waals surface area (Å²) in [6.07, 6.45) is 1.21. The molecule has 0 aliphatic carbocycles. The first-order valence-electron chi connectivity index (χ1n) is 5.02. The Hall–Kier alpha value is -0.980. The molecule has 1 heteroatoms. The molecule has 1 aliphatic heterocycles. The summed E-state index contributed by atoms with van der Waals surface area (Å²) in [6.45, 7) is 5.67. The third-order valence-corrected chi connectivity index (χ3v) is 2.90. The highest BCUT2D eigenvalue weighted by Gasteiger charge is 2.15. The third kappa shape index (κ3) is 1.43. The van der Waals surface area contributed by atoms with Crippen LogP contribution in [0.4, 0.5) is 5.69 Å². The normalized spacial score (nSPS) is 15.2. The van der Waals surface area contributed by atoms with Gasteiger partial charge in [0, 0.05) is 19.3 Å². The van der Waals surface area contributed by atoms with Gasteiger partial charge in [-0.1, -0.05) is 26.0 Å². The van der Waals surface area contributed by atoms with Crippen molar-refractivity contribution in [1.29, 1.82) is 0 Å². The second-order valence-electron chi connectivity index (χ2n) is 4.21. The topological polar surface area (TPSA) is 3.24 Å². The lowest BCUT2D eigenvalue weighted by Crippen LogP contribution is -2.12. The molecule has 0 bridgehead atoms. The Labute approximate surface area is 80.4 Å². The first-order chi connectivity index (χ1) is 6.18. The van der Waals surface area contributed by atoms with Gasteiger partial charge in [-0.05, 0) is 29.5 Å². The largest absolute Gasteiger partial charge is 0.374 e. The van der Waals surface area contributed by atoms with E-state index in [0.29, 0.717) is 5.92 Å². The van der Waals surface area contributed by atoms with Crippen LogP contribution in [0.5, 0.6) is 0 Å². The minimum absolute atomic E-state index is 0.638. The fourth-order valence-electron chi connectivity index (χ4n) is 1.92. The van der Waals surface area contributed by atoms with Crippen molar-refractivity contribution in [3.8, 4) is 0 Å². The first-order valence-corrected chi connectivity index (χ1v) is 5.02. The summed E-state index contributed by atoms with van der Waals surface area (Å²) >= 11 is 0. The SMILES string of the molecule is CC(C)c1ccc2c(c1)N(C)CC2. The van der Waals surface area contributed by atoms with Gasteiger partial charge in [-0.15, -0.1) is 0 Å². The molecule has 1 heterocycles. The van der Waals surface area contributed by atoms with E-state index in [0.717, 1.165) is 0 Å². The van der Waals surface area contributed by atoms with Crippen molar-refractivity contribution in [1.82, 2.24) is 0 Å². The smallest absolute Gasteiger partial charge is 0.0399 e. The van der Waals surface area contributed by atoms with Gasteiger partial charge in [0.05, 0.1) is 0 Å². The highest BCUT2D eigenvalue weighted by Crippen LogP contribution is 2.29. The number of benzene rings is 1. The molecule has 70 valence electrons. The first kappa shape index (κ1) is 8.61. The number of hydrogen-bond donors (Lipinski definition) is 0. The molecule has 0 spiro atoms. The zero-order chi connectivity index (χ0) is 9.42. The van der Waals surface area contributed by atoms with Crippen LogP contribution in [0.1, 0.15) is 30.9 Å². The molecular formula is C12H17N. The Kier molecular flexibility index (Phi) is 2.03. The molecule has 0 radical (unpaired) electrons. The number of likely N-dealkylation sites (N-methyl/N-ethyl adjacent to an activating group) is 1. The lowest BCUT2D eigenvalue weighted by Gasteiger charge is -2.14. The number of nitrogens with zero attached hydrogens (tertiary/aromatic N) is 1. The maximum atomic E-state index is 2.35. The van der Waals surface area contributed by atoms with Gasteiger partial charge in [-0.2, -0.15) is 0 Å². The van der Waals surface area contributed by atoms with E-state index in [1.54, 1.807) is 0 Å². The van der Waals surface area contributed by atoms with E-state index in [9.17, 15) is 0 Å². The van der Waals surface area contributed by atoms with Gasteiger partial charge >= 0.3 is 0 Å². The van der Waals surface area contributed by atoms with E-state index in [-0.39, 0.29) is 0 Å². The van der Waals surface area contributed by atoms with E-state index in [1.807, 2.05) is 0 Å². The van der Waals surface area contributed by atoms with Gasteiger partial charge in [0.15, 0.2) is 0 Å². The Morgan fingerprint density at radius 3 is 2.77 bits per heavy atom. The van der Waals surface area contributed by atoms with Crippen LogP contribution in [0, 0.1) is 0 Å². The number of anilines is 1. The molecule has 0 atom stereocenters. The lowest BCUT2D eigenvalue weighted by molar-refractivity contribution is 0.865. The zero-order valence-corrected chi connectivity index (χ0v) is 8.67. The average molecular weight is 175 g/mol. The lowest BCUT2D eigenvalue weighted by atomic mass is 10.0. The fourth-order valence-corrected chi connectivity index (χ4v) is 1.92. The molecule has 1 nitrogen and oxygen atoms in total. The van der Waals surface area contributed by atoms with Gasteiger partial charge in [-0.3, -0.25) is 0 Å². The molecule has 1 aromatic rings. The Morgan fingerprint density at radius 2 is 2.08 bits per heavy atom. The Morgan fingerprint density at radius 1 is 1.31 bits per heavy atom.